The highest BCUT2D eigenvalue weighted by Gasteiger charge is 2.37. The second kappa shape index (κ2) is 7.45. The van der Waals surface area contributed by atoms with Crippen LogP contribution in [0.1, 0.15) is 38.3 Å². The monoisotopic (exact) mass is 302 g/mol. The van der Waals surface area contributed by atoms with Crippen molar-refractivity contribution in [2.75, 3.05) is 6.54 Å². The van der Waals surface area contributed by atoms with Gasteiger partial charge in [-0.3, -0.25) is 4.79 Å². The molecule has 0 aliphatic heterocycles. The molecule has 1 atom stereocenters. The minimum Gasteiger partial charge on any atom is -0.329 e. The molecular weight excluding hydrogens is 281 g/mol. The second-order valence-corrected chi connectivity index (χ2v) is 4.94. The van der Waals surface area contributed by atoms with Crippen LogP contribution in [0, 0.1) is 0 Å². The van der Waals surface area contributed by atoms with Crippen molar-refractivity contribution in [3.8, 4) is 0 Å². The molecule has 118 valence electrons. The lowest BCUT2D eigenvalue weighted by Gasteiger charge is -2.33. The van der Waals surface area contributed by atoms with E-state index in [0.717, 1.165) is 4.90 Å². The van der Waals surface area contributed by atoms with Crippen molar-refractivity contribution < 1.29 is 18.0 Å². The fraction of sp³-hybridized carbons (Fsp3) is 0.533. The molecule has 0 radical (unpaired) electrons. The smallest absolute Gasteiger partial charge is 0.329 e. The van der Waals surface area contributed by atoms with Crippen molar-refractivity contribution in [1.82, 2.24) is 4.90 Å². The molecule has 0 heterocycles. The highest BCUT2D eigenvalue weighted by atomic mass is 19.4. The molecule has 1 amide bonds. The number of alkyl halides is 3. The number of hydrogen-bond donors (Lipinski definition) is 1. The van der Waals surface area contributed by atoms with Crippen molar-refractivity contribution >= 4 is 5.91 Å². The predicted molar refractivity (Wildman–Crippen MR) is 75.5 cm³/mol. The van der Waals surface area contributed by atoms with Gasteiger partial charge in [0.1, 0.15) is 12.6 Å². The number of nitrogens with two attached hydrogens (primary N) is 1. The van der Waals surface area contributed by atoms with E-state index in [1.54, 1.807) is 44.2 Å². The Labute approximate surface area is 122 Å². The molecule has 1 aromatic carbocycles. The summed E-state index contributed by atoms with van der Waals surface area (Å²) in [6.45, 7) is 2.26. The zero-order valence-corrected chi connectivity index (χ0v) is 12.2. The summed E-state index contributed by atoms with van der Waals surface area (Å²) in [7, 11) is 0. The first kappa shape index (κ1) is 17.5. The third-order valence-corrected chi connectivity index (χ3v) is 3.44. The molecule has 0 unspecified atom stereocenters. The van der Waals surface area contributed by atoms with E-state index in [-0.39, 0.29) is 0 Å². The van der Waals surface area contributed by atoms with Crippen LogP contribution in [0.15, 0.2) is 30.3 Å². The Morgan fingerprint density at radius 3 is 2.14 bits per heavy atom. The summed E-state index contributed by atoms with van der Waals surface area (Å²) in [5.41, 5.74) is 6.36. The molecule has 0 saturated carbocycles. The van der Waals surface area contributed by atoms with Crippen LogP contribution in [0.25, 0.3) is 0 Å². The van der Waals surface area contributed by atoms with Gasteiger partial charge in [0, 0.05) is 6.04 Å². The van der Waals surface area contributed by atoms with Crippen LogP contribution in [0.5, 0.6) is 0 Å². The van der Waals surface area contributed by atoms with Gasteiger partial charge in [-0.1, -0.05) is 44.2 Å². The average molecular weight is 302 g/mol. The molecule has 0 aromatic heterocycles. The van der Waals surface area contributed by atoms with Gasteiger partial charge in [-0.2, -0.15) is 13.2 Å². The molecule has 0 spiro atoms. The Bertz CT molecular complexity index is 444. The topological polar surface area (TPSA) is 46.3 Å². The Morgan fingerprint density at radius 2 is 1.71 bits per heavy atom. The van der Waals surface area contributed by atoms with Gasteiger partial charge in [0.05, 0.1) is 0 Å². The van der Waals surface area contributed by atoms with Crippen molar-refractivity contribution in [3.05, 3.63) is 35.9 Å². The lowest BCUT2D eigenvalue weighted by molar-refractivity contribution is -0.167. The lowest BCUT2D eigenvalue weighted by atomic mass is 10.0. The van der Waals surface area contributed by atoms with Gasteiger partial charge >= 0.3 is 6.18 Å². The van der Waals surface area contributed by atoms with E-state index in [4.69, 9.17) is 5.73 Å². The SMILES string of the molecule is CCC(CC)N(CC(F)(F)F)C(=O)[C@H](N)c1ccccc1. The number of benzene rings is 1. The molecule has 0 bridgehead atoms. The van der Waals surface area contributed by atoms with Crippen LogP contribution in [0.2, 0.25) is 0 Å². The summed E-state index contributed by atoms with van der Waals surface area (Å²) < 4.78 is 38.2. The summed E-state index contributed by atoms with van der Waals surface area (Å²) in [6.07, 6.45) is -3.52. The lowest BCUT2D eigenvalue weighted by Crippen LogP contribution is -2.48. The number of rotatable bonds is 6. The van der Waals surface area contributed by atoms with Crippen molar-refractivity contribution in [2.45, 2.75) is 44.9 Å². The van der Waals surface area contributed by atoms with Crippen LogP contribution in [0.3, 0.4) is 0 Å². The van der Waals surface area contributed by atoms with Crippen molar-refractivity contribution in [1.29, 1.82) is 0 Å². The van der Waals surface area contributed by atoms with Gasteiger partial charge in [0.25, 0.3) is 0 Å². The van der Waals surface area contributed by atoms with Gasteiger partial charge in [0.2, 0.25) is 5.91 Å². The van der Waals surface area contributed by atoms with E-state index < -0.39 is 30.7 Å². The molecule has 0 fully saturated rings. The first-order valence-corrected chi connectivity index (χ1v) is 6.97. The molecule has 1 aromatic rings. The van der Waals surface area contributed by atoms with Crippen molar-refractivity contribution in [3.63, 3.8) is 0 Å². The van der Waals surface area contributed by atoms with Crippen LogP contribution >= 0.6 is 0 Å². The Kier molecular flexibility index (Phi) is 6.20. The van der Waals surface area contributed by atoms with E-state index in [2.05, 4.69) is 0 Å². The van der Waals surface area contributed by atoms with Crippen LogP contribution in [0.4, 0.5) is 13.2 Å². The van der Waals surface area contributed by atoms with Gasteiger partial charge < -0.3 is 10.6 Å². The quantitative estimate of drug-likeness (QED) is 0.876. The van der Waals surface area contributed by atoms with E-state index >= 15 is 0 Å². The molecule has 0 aliphatic rings. The normalized spacial score (nSPS) is 13.3. The Balaban J connectivity index is 2.99. The summed E-state index contributed by atoms with van der Waals surface area (Å²) in [5.74, 6) is -0.688. The van der Waals surface area contributed by atoms with E-state index in [0.29, 0.717) is 18.4 Å². The van der Waals surface area contributed by atoms with Crippen LogP contribution in [-0.2, 0) is 4.79 Å². The fourth-order valence-electron chi connectivity index (χ4n) is 2.29. The van der Waals surface area contributed by atoms with E-state index in [1.165, 1.54) is 0 Å². The average Bonchev–Trinajstić information content (AvgIpc) is 2.45. The maximum absolute atomic E-state index is 12.7. The molecular formula is C15H21F3N2O. The minimum atomic E-state index is -4.44. The van der Waals surface area contributed by atoms with E-state index in [1.807, 2.05) is 0 Å². The largest absolute Gasteiger partial charge is 0.406 e. The summed E-state index contributed by atoms with van der Waals surface area (Å²) in [6, 6.07) is 6.90. The zero-order valence-electron chi connectivity index (χ0n) is 12.2. The number of halogens is 3. The first-order chi connectivity index (χ1) is 9.80. The third-order valence-electron chi connectivity index (χ3n) is 3.44. The molecule has 6 heteroatoms. The summed E-state index contributed by atoms with van der Waals surface area (Å²) >= 11 is 0. The summed E-state index contributed by atoms with van der Waals surface area (Å²) in [4.78, 5) is 13.2. The third kappa shape index (κ3) is 5.04. The summed E-state index contributed by atoms with van der Waals surface area (Å²) in [5, 5.41) is 0. The predicted octanol–water partition coefficient (Wildman–Crippen LogP) is 3.27. The van der Waals surface area contributed by atoms with Crippen molar-refractivity contribution in [2.24, 2.45) is 5.73 Å². The molecule has 0 aliphatic carbocycles. The number of hydrogen-bond acceptors (Lipinski definition) is 2. The number of carbonyl (C=O) groups is 1. The number of amides is 1. The minimum absolute atomic E-state index is 0.458. The molecule has 0 saturated heterocycles. The maximum atomic E-state index is 12.7. The molecule has 21 heavy (non-hydrogen) atoms. The fourth-order valence-corrected chi connectivity index (χ4v) is 2.29. The standard InChI is InChI=1S/C15H21F3N2O/c1-3-12(4-2)20(10-15(16,17)18)14(21)13(19)11-8-6-5-7-9-11/h5-9,12-13H,3-4,10,19H2,1-2H3/t13-/m1/s1. The Hall–Kier alpha value is -1.56. The number of nitrogens with zero attached hydrogens (tertiary/aromatic N) is 1. The van der Waals surface area contributed by atoms with E-state index in [9.17, 15) is 18.0 Å². The highest BCUT2D eigenvalue weighted by molar-refractivity contribution is 5.83. The maximum Gasteiger partial charge on any atom is 0.406 e. The van der Waals surface area contributed by atoms with Crippen LogP contribution in [-0.4, -0.2) is 29.6 Å². The number of carbonyl (C=O) groups excluding carboxylic acids is 1. The van der Waals surface area contributed by atoms with Crippen LogP contribution < -0.4 is 5.73 Å². The van der Waals surface area contributed by atoms with Gasteiger partial charge in [0.15, 0.2) is 0 Å². The molecule has 3 nitrogen and oxygen atoms in total. The van der Waals surface area contributed by atoms with Gasteiger partial charge in [-0.15, -0.1) is 0 Å². The second-order valence-electron chi connectivity index (χ2n) is 4.94. The first-order valence-electron chi connectivity index (χ1n) is 6.97. The zero-order chi connectivity index (χ0) is 16.0. The van der Waals surface area contributed by atoms with Gasteiger partial charge in [-0.05, 0) is 18.4 Å². The Morgan fingerprint density at radius 1 is 1.19 bits per heavy atom. The highest BCUT2D eigenvalue weighted by Crippen LogP contribution is 2.23. The van der Waals surface area contributed by atoms with Gasteiger partial charge in [-0.25, -0.2) is 0 Å². The molecule has 2 N–H and O–H groups in total. The molecule has 1 rings (SSSR count).